The first-order chi connectivity index (χ1) is 6.84. The van der Waals surface area contributed by atoms with Crippen molar-refractivity contribution in [1.29, 1.82) is 0 Å². The van der Waals surface area contributed by atoms with Crippen LogP contribution < -0.4 is 5.32 Å². The number of nitrogens with zero attached hydrogens (tertiary/aromatic N) is 1. The Labute approximate surface area is 97.8 Å². The molecule has 1 heterocycles. The molecule has 0 atom stereocenters. The summed E-state index contributed by atoms with van der Waals surface area (Å²) in [5.74, 6) is 0.224. The molecule has 0 saturated carbocycles. The standard InChI is InChI=1S/C10H20N2O2.ClH/c1-2-14-9-4-10(13)12-7-3-5-11-6-8-12;/h11H,2-9H2,1H3;1H. The van der Waals surface area contributed by atoms with Gasteiger partial charge in [0, 0.05) is 26.2 Å². The fraction of sp³-hybridized carbons (Fsp3) is 0.900. The fourth-order valence-electron chi connectivity index (χ4n) is 1.56. The normalized spacial score (nSPS) is 16.7. The van der Waals surface area contributed by atoms with Gasteiger partial charge in [0.25, 0.3) is 0 Å². The molecule has 0 radical (unpaired) electrons. The minimum Gasteiger partial charge on any atom is -0.381 e. The van der Waals surface area contributed by atoms with Crippen molar-refractivity contribution in [3.8, 4) is 0 Å². The Morgan fingerprint density at radius 1 is 1.40 bits per heavy atom. The largest absolute Gasteiger partial charge is 0.381 e. The van der Waals surface area contributed by atoms with Crippen LogP contribution in [0, 0.1) is 0 Å². The molecule has 5 heteroatoms. The number of carbonyl (C=O) groups excluding carboxylic acids is 1. The first kappa shape index (κ1) is 14.7. The molecule has 0 bridgehead atoms. The van der Waals surface area contributed by atoms with E-state index in [-0.39, 0.29) is 18.3 Å². The molecule has 1 fully saturated rings. The summed E-state index contributed by atoms with van der Waals surface area (Å²) in [4.78, 5) is 13.6. The van der Waals surface area contributed by atoms with E-state index in [0.717, 1.165) is 32.6 Å². The number of hydrogen-bond donors (Lipinski definition) is 1. The maximum Gasteiger partial charge on any atom is 0.224 e. The Morgan fingerprint density at radius 2 is 2.20 bits per heavy atom. The van der Waals surface area contributed by atoms with E-state index in [9.17, 15) is 4.79 Å². The van der Waals surface area contributed by atoms with Crippen LogP contribution in [0.15, 0.2) is 0 Å². The van der Waals surface area contributed by atoms with Gasteiger partial charge in [-0.2, -0.15) is 0 Å². The summed E-state index contributed by atoms with van der Waals surface area (Å²) in [7, 11) is 0. The Morgan fingerprint density at radius 3 is 2.93 bits per heavy atom. The van der Waals surface area contributed by atoms with Crippen LogP contribution in [-0.4, -0.2) is 50.2 Å². The summed E-state index contributed by atoms with van der Waals surface area (Å²) in [6, 6.07) is 0. The average molecular weight is 237 g/mol. The lowest BCUT2D eigenvalue weighted by molar-refractivity contribution is -0.132. The molecule has 1 aliphatic rings. The summed E-state index contributed by atoms with van der Waals surface area (Å²) < 4.78 is 5.16. The van der Waals surface area contributed by atoms with Gasteiger partial charge in [0.15, 0.2) is 0 Å². The Kier molecular flexibility index (Phi) is 8.76. The van der Waals surface area contributed by atoms with E-state index in [1.807, 2.05) is 11.8 Å². The molecule has 4 nitrogen and oxygen atoms in total. The van der Waals surface area contributed by atoms with Crippen LogP contribution in [0.25, 0.3) is 0 Å². The quantitative estimate of drug-likeness (QED) is 0.730. The monoisotopic (exact) mass is 236 g/mol. The van der Waals surface area contributed by atoms with Crippen LogP contribution >= 0.6 is 12.4 Å². The number of hydrogen-bond acceptors (Lipinski definition) is 3. The molecule has 1 saturated heterocycles. The van der Waals surface area contributed by atoms with E-state index in [1.54, 1.807) is 0 Å². The van der Waals surface area contributed by atoms with Crippen LogP contribution in [0.5, 0.6) is 0 Å². The van der Waals surface area contributed by atoms with Crippen LogP contribution in [0.1, 0.15) is 19.8 Å². The molecule has 0 spiro atoms. The van der Waals surface area contributed by atoms with Crippen LogP contribution in [0.3, 0.4) is 0 Å². The smallest absolute Gasteiger partial charge is 0.224 e. The third-order valence-corrected chi connectivity index (χ3v) is 2.36. The van der Waals surface area contributed by atoms with E-state index in [4.69, 9.17) is 4.74 Å². The van der Waals surface area contributed by atoms with Crippen LogP contribution in [0.2, 0.25) is 0 Å². The SMILES string of the molecule is CCOCCC(=O)N1CCCNCC1.Cl. The zero-order valence-corrected chi connectivity index (χ0v) is 10.1. The predicted octanol–water partition coefficient (Wildman–Crippen LogP) is 0.657. The van der Waals surface area contributed by atoms with E-state index >= 15 is 0 Å². The summed E-state index contributed by atoms with van der Waals surface area (Å²) in [6.45, 7) is 6.85. The van der Waals surface area contributed by atoms with Gasteiger partial charge in [-0.25, -0.2) is 0 Å². The van der Waals surface area contributed by atoms with Crippen molar-refractivity contribution in [3.63, 3.8) is 0 Å². The first-order valence-electron chi connectivity index (χ1n) is 5.41. The second-order valence-electron chi connectivity index (χ2n) is 3.43. The number of nitrogens with one attached hydrogen (secondary N) is 1. The van der Waals surface area contributed by atoms with E-state index in [1.165, 1.54) is 0 Å². The van der Waals surface area contributed by atoms with Gasteiger partial charge < -0.3 is 15.0 Å². The molecule has 0 aromatic rings. The number of amides is 1. The number of carbonyl (C=O) groups is 1. The second-order valence-corrected chi connectivity index (χ2v) is 3.43. The van der Waals surface area contributed by atoms with Crippen LogP contribution in [-0.2, 0) is 9.53 Å². The molecule has 90 valence electrons. The highest BCUT2D eigenvalue weighted by Crippen LogP contribution is 1.99. The molecule has 1 aliphatic heterocycles. The third kappa shape index (κ3) is 5.97. The van der Waals surface area contributed by atoms with Gasteiger partial charge in [-0.15, -0.1) is 12.4 Å². The Hall–Kier alpha value is -0.320. The summed E-state index contributed by atoms with van der Waals surface area (Å²) in [5.41, 5.74) is 0. The van der Waals surface area contributed by atoms with Crippen molar-refractivity contribution in [2.75, 3.05) is 39.4 Å². The molecule has 0 aromatic carbocycles. The van der Waals surface area contributed by atoms with E-state index in [0.29, 0.717) is 19.6 Å². The molecular formula is C10H21ClN2O2. The van der Waals surface area contributed by atoms with Gasteiger partial charge in [0.1, 0.15) is 0 Å². The van der Waals surface area contributed by atoms with Crippen molar-refractivity contribution in [2.24, 2.45) is 0 Å². The molecule has 0 aromatic heterocycles. The molecule has 1 amide bonds. The highest BCUT2D eigenvalue weighted by atomic mass is 35.5. The maximum atomic E-state index is 11.6. The first-order valence-corrected chi connectivity index (χ1v) is 5.41. The third-order valence-electron chi connectivity index (χ3n) is 2.36. The van der Waals surface area contributed by atoms with Gasteiger partial charge in [-0.1, -0.05) is 0 Å². The number of halogens is 1. The van der Waals surface area contributed by atoms with Crippen LogP contribution in [0.4, 0.5) is 0 Å². The number of rotatable bonds is 4. The van der Waals surface area contributed by atoms with Crippen molar-refractivity contribution in [1.82, 2.24) is 10.2 Å². The maximum absolute atomic E-state index is 11.6. The van der Waals surface area contributed by atoms with Gasteiger partial charge in [-0.3, -0.25) is 4.79 Å². The summed E-state index contributed by atoms with van der Waals surface area (Å²) in [6.07, 6.45) is 1.58. The molecular weight excluding hydrogens is 216 g/mol. The highest BCUT2D eigenvalue weighted by Gasteiger charge is 2.14. The Balaban J connectivity index is 0.00000196. The van der Waals surface area contributed by atoms with Gasteiger partial charge >= 0.3 is 0 Å². The predicted molar refractivity (Wildman–Crippen MR) is 62.4 cm³/mol. The minimum atomic E-state index is 0. The highest BCUT2D eigenvalue weighted by molar-refractivity contribution is 5.85. The van der Waals surface area contributed by atoms with Gasteiger partial charge in [0.05, 0.1) is 13.0 Å². The molecule has 0 unspecified atom stereocenters. The van der Waals surface area contributed by atoms with Crippen molar-refractivity contribution in [2.45, 2.75) is 19.8 Å². The topological polar surface area (TPSA) is 41.6 Å². The van der Waals surface area contributed by atoms with E-state index in [2.05, 4.69) is 5.32 Å². The van der Waals surface area contributed by atoms with Crippen molar-refractivity contribution >= 4 is 18.3 Å². The lowest BCUT2D eigenvalue weighted by Gasteiger charge is -2.19. The fourth-order valence-corrected chi connectivity index (χ4v) is 1.56. The molecule has 1 N–H and O–H groups in total. The second kappa shape index (κ2) is 8.95. The Bertz CT molecular complexity index is 171. The average Bonchev–Trinajstić information content (AvgIpc) is 2.46. The van der Waals surface area contributed by atoms with Gasteiger partial charge in [0.2, 0.25) is 5.91 Å². The zero-order valence-electron chi connectivity index (χ0n) is 9.33. The lowest BCUT2D eigenvalue weighted by Crippen LogP contribution is -2.34. The van der Waals surface area contributed by atoms with Crippen molar-refractivity contribution in [3.05, 3.63) is 0 Å². The number of ether oxygens (including phenoxy) is 1. The zero-order chi connectivity index (χ0) is 10.2. The van der Waals surface area contributed by atoms with Gasteiger partial charge in [-0.05, 0) is 19.9 Å². The molecule has 15 heavy (non-hydrogen) atoms. The van der Waals surface area contributed by atoms with Crippen molar-refractivity contribution < 1.29 is 9.53 Å². The molecule has 0 aliphatic carbocycles. The lowest BCUT2D eigenvalue weighted by atomic mass is 10.3. The minimum absolute atomic E-state index is 0. The summed E-state index contributed by atoms with van der Waals surface area (Å²) >= 11 is 0. The van der Waals surface area contributed by atoms with E-state index < -0.39 is 0 Å². The summed E-state index contributed by atoms with van der Waals surface area (Å²) in [5, 5.41) is 3.27. The molecule has 1 rings (SSSR count).